The molecular formula is C46H30N2O. The third-order valence-corrected chi connectivity index (χ3v) is 9.74. The van der Waals surface area contributed by atoms with Gasteiger partial charge in [-0.25, -0.2) is 0 Å². The molecule has 0 aliphatic heterocycles. The summed E-state index contributed by atoms with van der Waals surface area (Å²) < 4.78 is 8.76. The Morgan fingerprint density at radius 3 is 1.88 bits per heavy atom. The summed E-state index contributed by atoms with van der Waals surface area (Å²) in [4.78, 5) is 2.34. The number of furan rings is 1. The van der Waals surface area contributed by atoms with Crippen LogP contribution in [0.4, 0.5) is 17.1 Å². The lowest BCUT2D eigenvalue weighted by Crippen LogP contribution is -2.10. The van der Waals surface area contributed by atoms with E-state index in [2.05, 4.69) is 191 Å². The maximum absolute atomic E-state index is 6.39. The molecule has 3 heteroatoms. The Morgan fingerprint density at radius 1 is 0.408 bits per heavy atom. The topological polar surface area (TPSA) is 21.3 Å². The van der Waals surface area contributed by atoms with Gasteiger partial charge in [0, 0.05) is 44.3 Å². The van der Waals surface area contributed by atoms with Gasteiger partial charge in [0.05, 0.1) is 11.0 Å². The summed E-state index contributed by atoms with van der Waals surface area (Å²) in [5, 5.41) is 7.17. The van der Waals surface area contributed by atoms with E-state index >= 15 is 0 Å². The lowest BCUT2D eigenvalue weighted by atomic mass is 9.98. The number of nitrogens with zero attached hydrogens (tertiary/aromatic N) is 2. The van der Waals surface area contributed by atoms with E-state index in [4.69, 9.17) is 4.42 Å². The second-order valence-corrected chi connectivity index (χ2v) is 12.6. The van der Waals surface area contributed by atoms with Gasteiger partial charge in [0.2, 0.25) is 0 Å². The van der Waals surface area contributed by atoms with Crippen molar-refractivity contribution >= 4 is 71.6 Å². The summed E-state index contributed by atoms with van der Waals surface area (Å²) in [6.07, 6.45) is 0. The minimum Gasteiger partial charge on any atom is -0.456 e. The smallest absolute Gasteiger partial charge is 0.136 e. The first-order chi connectivity index (χ1) is 24.3. The van der Waals surface area contributed by atoms with Crippen LogP contribution in [-0.2, 0) is 0 Å². The third kappa shape index (κ3) is 4.44. The lowest BCUT2D eigenvalue weighted by Gasteiger charge is -2.26. The molecule has 0 saturated heterocycles. The number of benzene rings is 8. The molecule has 0 radical (unpaired) electrons. The summed E-state index contributed by atoms with van der Waals surface area (Å²) in [5.41, 5.74) is 10.9. The van der Waals surface area contributed by atoms with Crippen molar-refractivity contribution in [2.75, 3.05) is 4.90 Å². The van der Waals surface area contributed by atoms with E-state index in [0.717, 1.165) is 55.8 Å². The summed E-state index contributed by atoms with van der Waals surface area (Å²) in [6.45, 7) is 0. The van der Waals surface area contributed by atoms with Crippen LogP contribution in [-0.4, -0.2) is 4.57 Å². The summed E-state index contributed by atoms with van der Waals surface area (Å²) in [6, 6.07) is 64.9. The van der Waals surface area contributed by atoms with Crippen molar-refractivity contribution in [3.8, 4) is 16.8 Å². The summed E-state index contributed by atoms with van der Waals surface area (Å²) in [5.74, 6) is 0. The Balaban J connectivity index is 1.13. The van der Waals surface area contributed by atoms with E-state index in [1.54, 1.807) is 0 Å². The Bertz CT molecular complexity index is 2810. The molecular weight excluding hydrogens is 597 g/mol. The molecule has 0 atom stereocenters. The first-order valence-electron chi connectivity index (χ1n) is 16.7. The van der Waals surface area contributed by atoms with Crippen molar-refractivity contribution in [3.05, 3.63) is 182 Å². The van der Waals surface area contributed by atoms with E-state index in [9.17, 15) is 0 Å². The predicted octanol–water partition coefficient (Wildman–Crippen LogP) is 13.0. The number of hydrogen-bond acceptors (Lipinski definition) is 2. The van der Waals surface area contributed by atoms with Crippen LogP contribution in [0.15, 0.2) is 186 Å². The van der Waals surface area contributed by atoms with Crippen LogP contribution in [0, 0.1) is 0 Å². The normalized spacial score (nSPS) is 11.7. The van der Waals surface area contributed by atoms with Crippen LogP contribution in [0.25, 0.3) is 71.3 Å². The molecule has 0 bridgehead atoms. The van der Waals surface area contributed by atoms with Gasteiger partial charge >= 0.3 is 0 Å². The highest BCUT2D eigenvalue weighted by molar-refractivity contribution is 6.15. The molecule has 2 aromatic heterocycles. The van der Waals surface area contributed by atoms with E-state index in [0.29, 0.717) is 0 Å². The van der Waals surface area contributed by atoms with E-state index in [-0.39, 0.29) is 0 Å². The molecule has 0 unspecified atom stereocenters. The van der Waals surface area contributed by atoms with Gasteiger partial charge in [-0.05, 0) is 94.7 Å². The molecule has 230 valence electrons. The maximum Gasteiger partial charge on any atom is 0.136 e. The number of rotatable bonds is 5. The van der Waals surface area contributed by atoms with E-state index in [1.807, 2.05) is 0 Å². The van der Waals surface area contributed by atoms with Crippen LogP contribution in [0.5, 0.6) is 0 Å². The fraction of sp³-hybridized carbons (Fsp3) is 0. The zero-order chi connectivity index (χ0) is 32.3. The highest BCUT2D eigenvalue weighted by Crippen LogP contribution is 2.42. The summed E-state index contributed by atoms with van der Waals surface area (Å²) in [7, 11) is 0. The van der Waals surface area contributed by atoms with Crippen LogP contribution in [0.3, 0.4) is 0 Å². The maximum atomic E-state index is 6.39. The van der Waals surface area contributed by atoms with Crippen molar-refractivity contribution in [1.29, 1.82) is 0 Å². The van der Waals surface area contributed by atoms with Crippen molar-refractivity contribution in [3.63, 3.8) is 0 Å². The molecule has 10 rings (SSSR count). The number of aromatic nitrogens is 1. The molecule has 3 nitrogen and oxygen atoms in total. The first kappa shape index (κ1) is 27.5. The first-order valence-corrected chi connectivity index (χ1v) is 16.7. The molecule has 8 aromatic carbocycles. The third-order valence-electron chi connectivity index (χ3n) is 9.74. The van der Waals surface area contributed by atoms with E-state index in [1.165, 1.54) is 32.6 Å². The average molecular weight is 627 g/mol. The van der Waals surface area contributed by atoms with Gasteiger partial charge in [0.1, 0.15) is 11.2 Å². The molecule has 10 aromatic rings. The van der Waals surface area contributed by atoms with Gasteiger partial charge in [0.25, 0.3) is 0 Å². The molecule has 0 N–H and O–H groups in total. The number of fused-ring (bicyclic) bond motifs is 7. The van der Waals surface area contributed by atoms with Gasteiger partial charge in [-0.15, -0.1) is 0 Å². The molecule has 0 fully saturated rings. The predicted molar refractivity (Wildman–Crippen MR) is 206 cm³/mol. The van der Waals surface area contributed by atoms with Crippen LogP contribution < -0.4 is 4.90 Å². The van der Waals surface area contributed by atoms with Crippen molar-refractivity contribution in [2.24, 2.45) is 0 Å². The monoisotopic (exact) mass is 626 g/mol. The van der Waals surface area contributed by atoms with Gasteiger partial charge in [-0.3, -0.25) is 0 Å². The fourth-order valence-corrected chi connectivity index (χ4v) is 7.52. The van der Waals surface area contributed by atoms with E-state index < -0.39 is 0 Å². The lowest BCUT2D eigenvalue weighted by molar-refractivity contribution is 0.669. The van der Waals surface area contributed by atoms with Crippen LogP contribution >= 0.6 is 0 Å². The molecule has 49 heavy (non-hydrogen) atoms. The second kappa shape index (κ2) is 11.0. The van der Waals surface area contributed by atoms with Crippen molar-refractivity contribution in [2.45, 2.75) is 0 Å². The fourth-order valence-electron chi connectivity index (χ4n) is 7.52. The Morgan fingerprint density at radius 2 is 1.06 bits per heavy atom. The quantitative estimate of drug-likeness (QED) is 0.190. The molecule has 0 saturated carbocycles. The van der Waals surface area contributed by atoms with Gasteiger partial charge < -0.3 is 13.9 Å². The highest BCUT2D eigenvalue weighted by atomic mass is 16.3. The molecule has 0 amide bonds. The second-order valence-electron chi connectivity index (χ2n) is 12.6. The number of anilines is 3. The molecule has 2 heterocycles. The molecule has 0 aliphatic carbocycles. The minimum atomic E-state index is 0.903. The zero-order valence-electron chi connectivity index (χ0n) is 26.6. The van der Waals surface area contributed by atoms with Crippen LogP contribution in [0.2, 0.25) is 0 Å². The molecule has 0 aliphatic rings. The van der Waals surface area contributed by atoms with Gasteiger partial charge in [-0.1, -0.05) is 109 Å². The largest absolute Gasteiger partial charge is 0.456 e. The average Bonchev–Trinajstić information content (AvgIpc) is 3.70. The SMILES string of the molecule is c1ccc(N(c2ccc(-c3cccc4oc5cc6ccccc6cc5c34)cc2)c2ccc3c4ccccc4n(-c4ccccc4)c3c2)cc1. The molecule has 0 spiro atoms. The zero-order valence-corrected chi connectivity index (χ0v) is 26.6. The van der Waals surface area contributed by atoms with Crippen molar-refractivity contribution in [1.82, 2.24) is 4.57 Å². The number of hydrogen-bond donors (Lipinski definition) is 0. The standard InChI is InChI=1S/C46H30N2O/c1-3-14-34(15-4-1)47(37-26-27-40-39-18-9-10-20-42(39)48(43(40)30-37)35-16-5-2-6-17-35)36-24-22-31(23-25-36)38-19-11-21-44-46(38)41-28-32-12-7-8-13-33(32)29-45(41)49-44/h1-30H. The minimum absolute atomic E-state index is 0.903. The Kier molecular flexibility index (Phi) is 6.18. The Labute approximate surface area is 283 Å². The van der Waals surface area contributed by atoms with Crippen LogP contribution in [0.1, 0.15) is 0 Å². The number of para-hydroxylation sites is 3. The summed E-state index contributed by atoms with van der Waals surface area (Å²) >= 11 is 0. The Hall–Kier alpha value is -6.58. The van der Waals surface area contributed by atoms with Crippen molar-refractivity contribution < 1.29 is 4.42 Å². The van der Waals surface area contributed by atoms with Gasteiger partial charge in [0.15, 0.2) is 0 Å². The highest BCUT2D eigenvalue weighted by Gasteiger charge is 2.18. The van der Waals surface area contributed by atoms with Gasteiger partial charge in [-0.2, -0.15) is 0 Å².